The molecule has 0 saturated carbocycles. The van der Waals surface area contributed by atoms with Crippen LogP contribution in [0.5, 0.6) is 0 Å². The Bertz CT molecular complexity index is 689. The Morgan fingerprint density at radius 3 is 2.88 bits per heavy atom. The van der Waals surface area contributed by atoms with E-state index < -0.39 is 15.8 Å². The summed E-state index contributed by atoms with van der Waals surface area (Å²) >= 11 is 0. The van der Waals surface area contributed by atoms with Crippen LogP contribution in [0, 0.1) is 11.3 Å². The summed E-state index contributed by atoms with van der Waals surface area (Å²) in [6.45, 7) is 0. The van der Waals surface area contributed by atoms with Crippen LogP contribution in [0.15, 0.2) is 36.5 Å². The molecule has 0 spiro atoms. The van der Waals surface area contributed by atoms with Crippen molar-refractivity contribution in [2.75, 3.05) is 10.5 Å². The summed E-state index contributed by atoms with van der Waals surface area (Å²) in [5, 5.41) is 9.20. The first-order valence-electron chi connectivity index (χ1n) is 4.83. The Morgan fingerprint density at radius 1 is 1.35 bits per heavy atom. The maximum absolute atomic E-state index is 11.4. The van der Waals surface area contributed by atoms with Crippen LogP contribution in [0.2, 0.25) is 0 Å². The first kappa shape index (κ1) is 11.4. The molecule has 6 heteroatoms. The average molecular weight is 247 g/mol. The molecule has 0 radical (unpaired) electrons. The third-order valence-corrected chi connectivity index (χ3v) is 3.17. The first-order valence-corrected chi connectivity index (χ1v) is 6.48. The van der Waals surface area contributed by atoms with Crippen molar-refractivity contribution in [2.24, 2.45) is 0 Å². The molecule has 0 aliphatic heterocycles. The summed E-state index contributed by atoms with van der Waals surface area (Å²) in [5.74, 6) is -0.570. The number of fused-ring (bicyclic) bond motifs is 1. The molecule has 2 aromatic rings. The lowest BCUT2D eigenvalue weighted by atomic mass is 10.2. The molecular formula is C11H9N3O2S. The second kappa shape index (κ2) is 4.39. The Labute approximate surface area is 98.8 Å². The largest absolute Gasteiger partial charge is 0.281 e. The molecule has 17 heavy (non-hydrogen) atoms. The lowest BCUT2D eigenvalue weighted by molar-refractivity contribution is 0.604. The van der Waals surface area contributed by atoms with Crippen LogP contribution in [0.25, 0.3) is 10.9 Å². The monoisotopic (exact) mass is 247 g/mol. The molecule has 1 aromatic carbocycles. The molecule has 0 aliphatic carbocycles. The van der Waals surface area contributed by atoms with Crippen LogP contribution in [0.1, 0.15) is 0 Å². The standard InChI is InChI=1S/C11H9N3O2S/c12-5-6-17(15,16)14-10-7-9-3-1-2-4-11(9)13-8-10/h1-4,7-8,14H,6H2. The molecule has 86 valence electrons. The maximum atomic E-state index is 11.4. The van der Waals surface area contributed by atoms with Gasteiger partial charge < -0.3 is 0 Å². The number of hydrogen-bond acceptors (Lipinski definition) is 4. The number of sulfonamides is 1. The van der Waals surface area contributed by atoms with Crippen molar-refractivity contribution >= 4 is 26.6 Å². The molecular weight excluding hydrogens is 238 g/mol. The number of benzene rings is 1. The van der Waals surface area contributed by atoms with Gasteiger partial charge in [-0.25, -0.2) is 8.42 Å². The summed E-state index contributed by atoms with van der Waals surface area (Å²) in [6, 6.07) is 10.6. The smallest absolute Gasteiger partial charge is 0.246 e. The fourth-order valence-electron chi connectivity index (χ4n) is 1.43. The van der Waals surface area contributed by atoms with Gasteiger partial charge in [-0.15, -0.1) is 0 Å². The summed E-state index contributed by atoms with van der Waals surface area (Å²) in [6.07, 6.45) is 1.43. The Hall–Kier alpha value is -2.13. The lowest BCUT2D eigenvalue weighted by Crippen LogP contribution is -2.15. The summed E-state index contributed by atoms with van der Waals surface area (Å²) < 4.78 is 25.0. The van der Waals surface area contributed by atoms with E-state index in [0.29, 0.717) is 5.69 Å². The van der Waals surface area contributed by atoms with Gasteiger partial charge in [0.2, 0.25) is 10.0 Å². The van der Waals surface area contributed by atoms with Gasteiger partial charge >= 0.3 is 0 Å². The molecule has 1 aromatic heterocycles. The molecule has 1 heterocycles. The van der Waals surface area contributed by atoms with Gasteiger partial charge in [-0.3, -0.25) is 9.71 Å². The van der Waals surface area contributed by atoms with E-state index in [9.17, 15) is 8.42 Å². The summed E-state index contributed by atoms with van der Waals surface area (Å²) in [7, 11) is -3.60. The fourth-order valence-corrected chi connectivity index (χ4v) is 2.14. The molecule has 0 unspecified atom stereocenters. The highest BCUT2D eigenvalue weighted by Crippen LogP contribution is 2.16. The Kier molecular flexibility index (Phi) is 2.93. The number of para-hydroxylation sites is 1. The number of nitrogens with one attached hydrogen (secondary N) is 1. The molecule has 0 aliphatic rings. The minimum atomic E-state index is -3.60. The molecule has 0 atom stereocenters. The quantitative estimate of drug-likeness (QED) is 0.890. The highest BCUT2D eigenvalue weighted by Gasteiger charge is 2.09. The van der Waals surface area contributed by atoms with E-state index >= 15 is 0 Å². The van der Waals surface area contributed by atoms with Gasteiger partial charge in [0.15, 0.2) is 5.75 Å². The Balaban J connectivity index is 2.35. The van der Waals surface area contributed by atoms with E-state index in [1.165, 1.54) is 6.20 Å². The molecule has 2 rings (SSSR count). The number of rotatable bonds is 3. The number of nitriles is 1. The highest BCUT2D eigenvalue weighted by atomic mass is 32.2. The van der Waals surface area contributed by atoms with Gasteiger partial charge in [0.1, 0.15) is 0 Å². The van der Waals surface area contributed by atoms with E-state index in [1.54, 1.807) is 12.1 Å². The molecule has 0 bridgehead atoms. The van der Waals surface area contributed by atoms with Crippen LogP contribution < -0.4 is 4.72 Å². The van der Waals surface area contributed by atoms with Crippen LogP contribution in [0.4, 0.5) is 5.69 Å². The lowest BCUT2D eigenvalue weighted by Gasteiger charge is -2.05. The van der Waals surface area contributed by atoms with E-state index in [4.69, 9.17) is 5.26 Å². The number of anilines is 1. The van der Waals surface area contributed by atoms with Gasteiger partial charge in [-0.1, -0.05) is 18.2 Å². The van der Waals surface area contributed by atoms with E-state index in [0.717, 1.165) is 10.9 Å². The number of pyridine rings is 1. The topological polar surface area (TPSA) is 82.8 Å². The van der Waals surface area contributed by atoms with Crippen LogP contribution in [-0.2, 0) is 10.0 Å². The van der Waals surface area contributed by atoms with Crippen molar-refractivity contribution in [3.05, 3.63) is 36.5 Å². The fraction of sp³-hybridized carbons (Fsp3) is 0.0909. The van der Waals surface area contributed by atoms with Crippen molar-refractivity contribution < 1.29 is 8.42 Å². The SMILES string of the molecule is N#CCS(=O)(=O)Nc1cnc2ccccc2c1. The van der Waals surface area contributed by atoms with Gasteiger partial charge in [-0.2, -0.15) is 5.26 Å². The van der Waals surface area contributed by atoms with Gasteiger partial charge in [0.25, 0.3) is 0 Å². The normalized spacial score (nSPS) is 11.0. The zero-order valence-corrected chi connectivity index (χ0v) is 9.61. The highest BCUT2D eigenvalue weighted by molar-refractivity contribution is 7.92. The second-order valence-corrected chi connectivity index (χ2v) is 5.16. The van der Waals surface area contributed by atoms with Crippen molar-refractivity contribution in [1.82, 2.24) is 4.98 Å². The Morgan fingerprint density at radius 2 is 2.12 bits per heavy atom. The second-order valence-electron chi connectivity index (χ2n) is 3.44. The maximum Gasteiger partial charge on any atom is 0.246 e. The van der Waals surface area contributed by atoms with Crippen LogP contribution in [-0.4, -0.2) is 19.2 Å². The van der Waals surface area contributed by atoms with Gasteiger partial charge in [-0.05, 0) is 12.1 Å². The van der Waals surface area contributed by atoms with Crippen molar-refractivity contribution in [1.29, 1.82) is 5.26 Å². The van der Waals surface area contributed by atoms with E-state index in [-0.39, 0.29) is 0 Å². The number of aromatic nitrogens is 1. The third kappa shape index (κ3) is 2.71. The predicted octanol–water partition coefficient (Wildman–Crippen LogP) is 1.50. The van der Waals surface area contributed by atoms with E-state index in [1.807, 2.05) is 24.3 Å². The third-order valence-electron chi connectivity index (χ3n) is 2.12. The van der Waals surface area contributed by atoms with Crippen molar-refractivity contribution in [2.45, 2.75) is 0 Å². The minimum Gasteiger partial charge on any atom is -0.281 e. The van der Waals surface area contributed by atoms with E-state index in [2.05, 4.69) is 9.71 Å². The number of nitrogens with zero attached hydrogens (tertiary/aromatic N) is 2. The summed E-state index contributed by atoms with van der Waals surface area (Å²) in [5.41, 5.74) is 1.15. The molecule has 5 nitrogen and oxygen atoms in total. The zero-order chi connectivity index (χ0) is 12.3. The van der Waals surface area contributed by atoms with Crippen molar-refractivity contribution in [3.8, 4) is 6.07 Å². The molecule has 0 fully saturated rings. The van der Waals surface area contributed by atoms with Crippen LogP contribution in [0.3, 0.4) is 0 Å². The molecule has 1 N–H and O–H groups in total. The zero-order valence-electron chi connectivity index (χ0n) is 8.79. The van der Waals surface area contributed by atoms with Crippen LogP contribution >= 0.6 is 0 Å². The molecule has 0 amide bonds. The summed E-state index contributed by atoms with van der Waals surface area (Å²) in [4.78, 5) is 4.12. The predicted molar refractivity (Wildman–Crippen MR) is 64.8 cm³/mol. The minimum absolute atomic E-state index is 0.360. The van der Waals surface area contributed by atoms with Gasteiger partial charge in [0, 0.05) is 5.39 Å². The van der Waals surface area contributed by atoms with Gasteiger partial charge in [0.05, 0.1) is 23.5 Å². The first-order chi connectivity index (χ1) is 8.11. The average Bonchev–Trinajstić information content (AvgIpc) is 2.28. The van der Waals surface area contributed by atoms with Crippen molar-refractivity contribution in [3.63, 3.8) is 0 Å². The number of hydrogen-bond donors (Lipinski definition) is 1. The molecule has 0 saturated heterocycles.